The molecule has 11 heteroatoms. The molecule has 2 heterocycles. The molecule has 2 aromatic heterocycles. The van der Waals surface area contributed by atoms with Crippen molar-refractivity contribution in [2.24, 2.45) is 0 Å². The summed E-state index contributed by atoms with van der Waals surface area (Å²) < 4.78 is 31.6. The quantitative estimate of drug-likeness (QED) is 0.523. The number of hydrogen-bond acceptors (Lipinski definition) is 8. The molecule has 0 aliphatic heterocycles. The number of nitro groups is 1. The maximum absolute atomic E-state index is 12.2. The van der Waals surface area contributed by atoms with Gasteiger partial charge in [0.05, 0.1) is 21.2 Å². The molecule has 0 unspecified atom stereocenters. The van der Waals surface area contributed by atoms with E-state index in [4.69, 9.17) is 4.52 Å². The van der Waals surface area contributed by atoms with Crippen LogP contribution in [0.25, 0.3) is 10.7 Å². The molecule has 3 rings (SSSR count). The number of benzene rings is 1. The molecule has 1 N–H and O–H groups in total. The van der Waals surface area contributed by atoms with Gasteiger partial charge in [0.25, 0.3) is 5.69 Å². The monoisotopic (exact) mass is 366 g/mol. The number of nitrogens with one attached hydrogen (secondary N) is 1. The van der Waals surface area contributed by atoms with E-state index >= 15 is 0 Å². The topological polar surface area (TPSA) is 128 Å². The van der Waals surface area contributed by atoms with Crippen LogP contribution in [0.4, 0.5) is 5.69 Å². The minimum Gasteiger partial charge on any atom is -0.337 e. The van der Waals surface area contributed by atoms with Crippen LogP contribution in [0.1, 0.15) is 5.89 Å². The molecule has 0 radical (unpaired) electrons. The zero-order chi connectivity index (χ0) is 17.2. The molecule has 0 amide bonds. The molecule has 3 aromatic rings. The molecule has 24 heavy (non-hydrogen) atoms. The fraction of sp³-hybridized carbons (Fsp3) is 0.0769. The molecule has 0 saturated heterocycles. The first-order chi connectivity index (χ1) is 11.5. The van der Waals surface area contributed by atoms with Gasteiger partial charge in [0.2, 0.25) is 21.7 Å². The lowest BCUT2D eigenvalue weighted by molar-refractivity contribution is -0.384. The molecule has 0 aliphatic rings. The van der Waals surface area contributed by atoms with E-state index in [1.807, 2.05) is 17.5 Å². The Morgan fingerprint density at radius 1 is 1.25 bits per heavy atom. The summed E-state index contributed by atoms with van der Waals surface area (Å²) in [5.41, 5.74) is -0.188. The lowest BCUT2D eigenvalue weighted by Gasteiger charge is -2.04. The summed E-state index contributed by atoms with van der Waals surface area (Å²) in [6, 6.07) is 8.22. The van der Waals surface area contributed by atoms with E-state index in [9.17, 15) is 18.5 Å². The molecule has 0 bridgehead atoms. The minimum absolute atomic E-state index is 0.0916. The first-order valence-corrected chi connectivity index (χ1v) is 8.92. The van der Waals surface area contributed by atoms with E-state index in [0.29, 0.717) is 5.82 Å². The minimum atomic E-state index is -3.84. The van der Waals surface area contributed by atoms with Crippen LogP contribution in [0, 0.1) is 10.1 Å². The first kappa shape index (κ1) is 16.2. The molecular formula is C13H10N4O5S2. The van der Waals surface area contributed by atoms with Gasteiger partial charge in [-0.2, -0.15) is 4.98 Å². The van der Waals surface area contributed by atoms with Crippen molar-refractivity contribution in [2.45, 2.75) is 11.4 Å². The van der Waals surface area contributed by atoms with Crippen LogP contribution in [0.3, 0.4) is 0 Å². The Morgan fingerprint density at radius 2 is 2.00 bits per heavy atom. The molecule has 9 nitrogen and oxygen atoms in total. The van der Waals surface area contributed by atoms with Gasteiger partial charge in [0.1, 0.15) is 0 Å². The molecule has 0 saturated carbocycles. The van der Waals surface area contributed by atoms with E-state index < -0.39 is 14.9 Å². The number of nitrogens with zero attached hydrogens (tertiary/aromatic N) is 3. The average Bonchev–Trinajstić information content (AvgIpc) is 3.24. The van der Waals surface area contributed by atoms with Gasteiger partial charge in [-0.3, -0.25) is 10.1 Å². The van der Waals surface area contributed by atoms with E-state index in [1.165, 1.54) is 11.3 Å². The van der Waals surface area contributed by atoms with E-state index in [1.54, 1.807) is 0 Å². The Kier molecular flexibility index (Phi) is 4.38. The van der Waals surface area contributed by atoms with Gasteiger partial charge in [0, 0.05) is 12.1 Å². The van der Waals surface area contributed by atoms with Crippen LogP contribution in [0.5, 0.6) is 0 Å². The molecule has 0 spiro atoms. The highest BCUT2D eigenvalue weighted by Gasteiger charge is 2.17. The van der Waals surface area contributed by atoms with Crippen LogP contribution in [-0.4, -0.2) is 23.5 Å². The summed E-state index contributed by atoms with van der Waals surface area (Å²) in [6.45, 7) is -0.183. The van der Waals surface area contributed by atoms with Crippen molar-refractivity contribution in [3.05, 3.63) is 57.8 Å². The van der Waals surface area contributed by atoms with Gasteiger partial charge in [-0.05, 0) is 23.6 Å². The third kappa shape index (κ3) is 3.48. The van der Waals surface area contributed by atoms with Gasteiger partial charge in [-0.15, -0.1) is 11.3 Å². The van der Waals surface area contributed by atoms with Crippen molar-refractivity contribution in [3.8, 4) is 10.7 Å². The van der Waals surface area contributed by atoms with E-state index in [2.05, 4.69) is 14.9 Å². The second kappa shape index (κ2) is 6.47. The molecule has 0 fully saturated rings. The van der Waals surface area contributed by atoms with Crippen molar-refractivity contribution in [2.75, 3.05) is 0 Å². The van der Waals surface area contributed by atoms with Gasteiger partial charge in [0.15, 0.2) is 0 Å². The van der Waals surface area contributed by atoms with Crippen LogP contribution in [-0.2, 0) is 16.6 Å². The SMILES string of the molecule is O=[N+]([O-])c1ccc(S(=O)(=O)NCc2nc(-c3cccs3)no2)cc1. The van der Waals surface area contributed by atoms with Gasteiger partial charge in [-0.1, -0.05) is 11.2 Å². The Balaban J connectivity index is 1.70. The summed E-state index contributed by atoms with van der Waals surface area (Å²) >= 11 is 1.43. The van der Waals surface area contributed by atoms with Crippen LogP contribution in [0.15, 0.2) is 51.2 Å². The van der Waals surface area contributed by atoms with Crippen molar-refractivity contribution < 1.29 is 17.9 Å². The number of thiophene rings is 1. The van der Waals surface area contributed by atoms with Crippen LogP contribution in [0.2, 0.25) is 0 Å². The lowest BCUT2D eigenvalue weighted by Crippen LogP contribution is -2.23. The van der Waals surface area contributed by atoms with E-state index in [-0.39, 0.29) is 23.0 Å². The van der Waals surface area contributed by atoms with Gasteiger partial charge in [-0.25, -0.2) is 13.1 Å². The Bertz CT molecular complexity index is 949. The normalized spacial score (nSPS) is 11.5. The van der Waals surface area contributed by atoms with Crippen LogP contribution >= 0.6 is 11.3 Å². The first-order valence-electron chi connectivity index (χ1n) is 6.56. The molecular weight excluding hydrogens is 356 g/mol. The summed E-state index contributed by atoms with van der Waals surface area (Å²) in [5, 5.41) is 16.2. The standard InChI is InChI=1S/C13H10N4O5S2/c18-17(19)9-3-5-10(6-4-9)24(20,21)14-8-12-15-13(16-22-12)11-2-1-7-23-11/h1-7,14H,8H2. The average molecular weight is 366 g/mol. The maximum atomic E-state index is 12.2. The molecule has 124 valence electrons. The van der Waals surface area contributed by atoms with Gasteiger partial charge < -0.3 is 4.52 Å². The number of hydrogen-bond donors (Lipinski definition) is 1. The fourth-order valence-electron chi connectivity index (χ4n) is 1.82. The Hall–Kier alpha value is -2.63. The number of non-ortho nitro benzene ring substituents is 1. The smallest absolute Gasteiger partial charge is 0.269 e. The summed E-state index contributed by atoms with van der Waals surface area (Å²) in [5.74, 6) is 0.499. The number of rotatable bonds is 6. The fourth-order valence-corrected chi connectivity index (χ4v) is 3.44. The molecule has 0 aliphatic carbocycles. The molecule has 1 aromatic carbocycles. The van der Waals surface area contributed by atoms with Crippen molar-refractivity contribution in [1.29, 1.82) is 0 Å². The highest BCUT2D eigenvalue weighted by Crippen LogP contribution is 2.21. The van der Waals surface area contributed by atoms with Crippen molar-refractivity contribution in [1.82, 2.24) is 14.9 Å². The third-order valence-electron chi connectivity index (χ3n) is 2.98. The zero-order valence-electron chi connectivity index (χ0n) is 11.9. The van der Waals surface area contributed by atoms with Crippen molar-refractivity contribution >= 4 is 27.0 Å². The summed E-state index contributed by atoms with van der Waals surface area (Å²) in [4.78, 5) is 14.8. The second-order valence-electron chi connectivity index (χ2n) is 4.56. The molecule has 0 atom stereocenters. The number of aromatic nitrogens is 2. The zero-order valence-corrected chi connectivity index (χ0v) is 13.6. The van der Waals surface area contributed by atoms with Crippen molar-refractivity contribution in [3.63, 3.8) is 0 Å². The number of nitro benzene ring substituents is 1. The highest BCUT2D eigenvalue weighted by atomic mass is 32.2. The van der Waals surface area contributed by atoms with Gasteiger partial charge >= 0.3 is 0 Å². The Morgan fingerprint density at radius 3 is 2.62 bits per heavy atom. The lowest BCUT2D eigenvalue weighted by atomic mass is 10.3. The predicted molar refractivity (Wildman–Crippen MR) is 84.7 cm³/mol. The van der Waals surface area contributed by atoms with Crippen LogP contribution < -0.4 is 4.72 Å². The largest absolute Gasteiger partial charge is 0.337 e. The highest BCUT2D eigenvalue weighted by molar-refractivity contribution is 7.89. The van der Waals surface area contributed by atoms with E-state index in [0.717, 1.165) is 29.1 Å². The summed E-state index contributed by atoms with van der Waals surface area (Å²) in [6.07, 6.45) is 0. The number of sulfonamides is 1. The Labute approximate surface area is 140 Å². The summed E-state index contributed by atoms with van der Waals surface area (Å²) in [7, 11) is -3.84. The second-order valence-corrected chi connectivity index (χ2v) is 7.28. The predicted octanol–water partition coefficient (Wildman–Crippen LogP) is 2.18. The maximum Gasteiger partial charge on any atom is 0.269 e. The third-order valence-corrected chi connectivity index (χ3v) is 5.26.